The molecule has 2 aromatic carbocycles. The predicted octanol–water partition coefficient (Wildman–Crippen LogP) is 5.15. The van der Waals surface area contributed by atoms with Crippen molar-refractivity contribution >= 4 is 54.9 Å². The lowest BCUT2D eigenvalue weighted by Gasteiger charge is -2.09. The number of rotatable bonds is 8. The molecule has 1 heterocycles. The SMILES string of the molecule is CCOc1ccc(Nc2sc(C(=O)c3ccc(Cl)cc3)c(N)c2S(=O)(=O)CC)cc1. The van der Waals surface area contributed by atoms with E-state index in [9.17, 15) is 13.2 Å². The van der Waals surface area contributed by atoms with E-state index in [4.69, 9.17) is 22.1 Å². The van der Waals surface area contributed by atoms with E-state index < -0.39 is 9.84 Å². The number of nitrogen functional groups attached to an aromatic ring is 1. The third-order valence-electron chi connectivity index (χ3n) is 4.33. The van der Waals surface area contributed by atoms with Gasteiger partial charge in [-0.05, 0) is 55.5 Å². The molecule has 0 bridgehead atoms. The Labute approximate surface area is 184 Å². The molecule has 3 aromatic rings. The summed E-state index contributed by atoms with van der Waals surface area (Å²) >= 11 is 6.91. The van der Waals surface area contributed by atoms with Crippen LogP contribution in [0.25, 0.3) is 0 Å². The van der Waals surface area contributed by atoms with Gasteiger partial charge in [-0.2, -0.15) is 0 Å². The maximum absolute atomic E-state index is 13.0. The molecule has 3 N–H and O–H groups in total. The van der Waals surface area contributed by atoms with Crippen LogP contribution in [0, 0.1) is 0 Å². The second-order valence-corrected chi connectivity index (χ2v) is 10.00. The van der Waals surface area contributed by atoms with Crippen molar-refractivity contribution in [1.29, 1.82) is 0 Å². The second kappa shape index (κ2) is 9.07. The van der Waals surface area contributed by atoms with Crippen LogP contribution < -0.4 is 15.8 Å². The molecule has 1 aromatic heterocycles. The van der Waals surface area contributed by atoms with Gasteiger partial charge < -0.3 is 15.8 Å². The first-order chi connectivity index (χ1) is 14.3. The number of hydrogen-bond acceptors (Lipinski definition) is 7. The minimum Gasteiger partial charge on any atom is -0.494 e. The van der Waals surface area contributed by atoms with Crippen LogP contribution in [0.15, 0.2) is 53.4 Å². The number of benzene rings is 2. The highest BCUT2D eigenvalue weighted by Gasteiger charge is 2.29. The van der Waals surface area contributed by atoms with Crippen LogP contribution in [-0.2, 0) is 9.84 Å². The second-order valence-electron chi connectivity index (χ2n) is 6.32. The van der Waals surface area contributed by atoms with E-state index in [0.29, 0.717) is 33.6 Å². The average Bonchev–Trinajstić information content (AvgIpc) is 3.06. The Kier molecular flexibility index (Phi) is 6.70. The number of sulfone groups is 1. The monoisotopic (exact) mass is 464 g/mol. The van der Waals surface area contributed by atoms with Crippen LogP contribution in [0.2, 0.25) is 5.02 Å². The lowest BCUT2D eigenvalue weighted by Crippen LogP contribution is -2.09. The summed E-state index contributed by atoms with van der Waals surface area (Å²) in [7, 11) is -3.67. The van der Waals surface area contributed by atoms with E-state index in [-0.39, 0.29) is 27.0 Å². The summed E-state index contributed by atoms with van der Waals surface area (Å²) in [6.45, 7) is 3.97. The van der Waals surface area contributed by atoms with Gasteiger partial charge in [-0.15, -0.1) is 11.3 Å². The van der Waals surface area contributed by atoms with Crippen molar-refractivity contribution in [1.82, 2.24) is 0 Å². The Balaban J connectivity index is 2.04. The first-order valence-electron chi connectivity index (χ1n) is 9.22. The fraction of sp³-hybridized carbons (Fsp3) is 0.190. The van der Waals surface area contributed by atoms with E-state index in [2.05, 4.69) is 5.32 Å². The molecule has 6 nitrogen and oxygen atoms in total. The lowest BCUT2D eigenvalue weighted by molar-refractivity contribution is 0.104. The molecule has 0 radical (unpaired) electrons. The molecule has 0 atom stereocenters. The third-order valence-corrected chi connectivity index (χ3v) is 7.63. The topological polar surface area (TPSA) is 98.5 Å². The molecule has 0 amide bonds. The van der Waals surface area contributed by atoms with Crippen molar-refractivity contribution in [2.45, 2.75) is 18.7 Å². The highest BCUT2D eigenvalue weighted by atomic mass is 35.5. The number of ketones is 1. The lowest BCUT2D eigenvalue weighted by atomic mass is 10.1. The summed E-state index contributed by atoms with van der Waals surface area (Å²) in [4.78, 5) is 13.1. The maximum Gasteiger partial charge on any atom is 0.205 e. The van der Waals surface area contributed by atoms with Crippen LogP contribution in [-0.4, -0.2) is 26.6 Å². The molecule has 0 saturated heterocycles. The standard InChI is InChI=1S/C21H21ClN2O4S2/c1-3-28-16-11-9-15(10-12-16)24-21-20(30(26,27)4-2)17(23)19(29-21)18(25)13-5-7-14(22)8-6-13/h5-12,24H,3-4,23H2,1-2H3. The fourth-order valence-corrected chi connectivity index (χ4v) is 5.55. The zero-order valence-electron chi connectivity index (χ0n) is 16.4. The van der Waals surface area contributed by atoms with Gasteiger partial charge in [0.05, 0.1) is 18.0 Å². The number of thiophene rings is 1. The molecule has 3 rings (SSSR count). The molecule has 0 aliphatic heterocycles. The number of hydrogen-bond donors (Lipinski definition) is 2. The van der Waals surface area contributed by atoms with Crippen molar-refractivity contribution in [2.24, 2.45) is 0 Å². The molecular formula is C21H21ClN2O4S2. The quantitative estimate of drug-likeness (QED) is 0.447. The Bertz CT molecular complexity index is 1150. The molecule has 9 heteroatoms. The van der Waals surface area contributed by atoms with Gasteiger partial charge in [0.2, 0.25) is 5.78 Å². The molecule has 0 fully saturated rings. The van der Waals surface area contributed by atoms with Crippen molar-refractivity contribution in [2.75, 3.05) is 23.4 Å². The van der Waals surface area contributed by atoms with Gasteiger partial charge in [0, 0.05) is 16.3 Å². The van der Waals surface area contributed by atoms with Gasteiger partial charge in [-0.25, -0.2) is 8.42 Å². The molecule has 0 aliphatic rings. The van der Waals surface area contributed by atoms with Crippen LogP contribution >= 0.6 is 22.9 Å². The largest absolute Gasteiger partial charge is 0.494 e. The zero-order valence-corrected chi connectivity index (χ0v) is 18.8. The van der Waals surface area contributed by atoms with Crippen molar-refractivity contribution < 1.29 is 17.9 Å². The number of nitrogens with one attached hydrogen (secondary N) is 1. The van der Waals surface area contributed by atoms with Gasteiger partial charge in [0.25, 0.3) is 0 Å². The van der Waals surface area contributed by atoms with Crippen LogP contribution in [0.3, 0.4) is 0 Å². The summed E-state index contributed by atoms with van der Waals surface area (Å²) in [5.74, 6) is 0.204. The van der Waals surface area contributed by atoms with E-state index in [1.54, 1.807) is 48.5 Å². The molecule has 0 spiro atoms. The minimum absolute atomic E-state index is 0.0461. The highest BCUT2D eigenvalue weighted by Crippen LogP contribution is 2.42. The number of carbonyl (C=O) groups excluding carboxylic acids is 1. The van der Waals surface area contributed by atoms with Crippen LogP contribution in [0.5, 0.6) is 5.75 Å². The molecule has 0 unspecified atom stereocenters. The Hall–Kier alpha value is -2.55. The predicted molar refractivity (Wildman–Crippen MR) is 122 cm³/mol. The normalized spacial score (nSPS) is 11.3. The average molecular weight is 465 g/mol. The number of nitrogens with two attached hydrogens (primary N) is 1. The number of carbonyl (C=O) groups is 1. The van der Waals surface area contributed by atoms with Crippen LogP contribution in [0.1, 0.15) is 29.1 Å². The van der Waals surface area contributed by atoms with Gasteiger partial charge in [-0.3, -0.25) is 4.79 Å². The molecule has 158 valence electrons. The van der Waals surface area contributed by atoms with E-state index in [1.165, 1.54) is 6.92 Å². The van der Waals surface area contributed by atoms with Crippen molar-refractivity contribution in [3.8, 4) is 5.75 Å². The van der Waals surface area contributed by atoms with Crippen LogP contribution in [0.4, 0.5) is 16.4 Å². The summed E-state index contributed by atoms with van der Waals surface area (Å²) < 4.78 is 30.9. The maximum atomic E-state index is 13.0. The highest BCUT2D eigenvalue weighted by molar-refractivity contribution is 7.92. The number of ether oxygens (including phenoxy) is 1. The summed E-state index contributed by atoms with van der Waals surface area (Å²) in [6.07, 6.45) is 0. The molecule has 0 saturated carbocycles. The van der Waals surface area contributed by atoms with Gasteiger partial charge >= 0.3 is 0 Å². The van der Waals surface area contributed by atoms with E-state index in [0.717, 1.165) is 11.3 Å². The molecule has 0 aliphatic carbocycles. The van der Waals surface area contributed by atoms with Crippen molar-refractivity contribution in [3.05, 3.63) is 64.0 Å². The fourth-order valence-electron chi connectivity index (χ4n) is 2.80. The summed E-state index contributed by atoms with van der Waals surface area (Å²) in [5.41, 5.74) is 7.16. The Morgan fingerprint density at radius 2 is 1.73 bits per heavy atom. The van der Waals surface area contributed by atoms with Gasteiger partial charge in [0.15, 0.2) is 9.84 Å². The first kappa shape index (κ1) is 22.1. The third kappa shape index (κ3) is 4.61. The number of anilines is 3. The summed E-state index contributed by atoms with van der Waals surface area (Å²) in [6, 6.07) is 13.4. The van der Waals surface area contributed by atoms with E-state index in [1.807, 2.05) is 6.92 Å². The van der Waals surface area contributed by atoms with Crippen molar-refractivity contribution in [3.63, 3.8) is 0 Å². The smallest absolute Gasteiger partial charge is 0.205 e. The Morgan fingerprint density at radius 3 is 2.30 bits per heavy atom. The number of halogens is 1. The first-order valence-corrected chi connectivity index (χ1v) is 12.1. The summed E-state index contributed by atoms with van der Waals surface area (Å²) in [5, 5.41) is 3.89. The van der Waals surface area contributed by atoms with Gasteiger partial charge in [0.1, 0.15) is 20.5 Å². The zero-order chi connectivity index (χ0) is 21.9. The molecular weight excluding hydrogens is 444 g/mol. The Morgan fingerprint density at radius 1 is 1.10 bits per heavy atom. The van der Waals surface area contributed by atoms with E-state index >= 15 is 0 Å². The van der Waals surface area contributed by atoms with Gasteiger partial charge in [-0.1, -0.05) is 18.5 Å². The minimum atomic E-state index is -3.67. The molecule has 30 heavy (non-hydrogen) atoms.